The number of ether oxygens (including phenoxy) is 2. The van der Waals surface area contributed by atoms with Gasteiger partial charge in [-0.15, -0.1) is 5.73 Å². The molecule has 0 aliphatic carbocycles. The van der Waals surface area contributed by atoms with Crippen molar-refractivity contribution in [3.8, 4) is 0 Å². The van der Waals surface area contributed by atoms with Gasteiger partial charge in [0.05, 0.1) is 13.7 Å². The van der Waals surface area contributed by atoms with E-state index in [1.54, 1.807) is 0 Å². The molecule has 1 fully saturated rings. The van der Waals surface area contributed by atoms with Gasteiger partial charge in [0.2, 0.25) is 0 Å². The van der Waals surface area contributed by atoms with E-state index in [0.29, 0.717) is 0 Å². The van der Waals surface area contributed by atoms with Crippen LogP contribution in [0.4, 0.5) is 9.18 Å². The van der Waals surface area contributed by atoms with Crippen molar-refractivity contribution in [2.45, 2.75) is 102 Å². The first-order valence-electron chi connectivity index (χ1n) is 12.6. The molecule has 0 unspecified atom stereocenters. The Morgan fingerprint density at radius 2 is 1.71 bits per heavy atom. The number of methoxy groups -OCH3 is 1. The summed E-state index contributed by atoms with van der Waals surface area (Å²) in [7, 11) is -3.87. The first-order chi connectivity index (χ1) is 17.2. The van der Waals surface area contributed by atoms with Gasteiger partial charge in [0, 0.05) is 12.3 Å². The lowest BCUT2D eigenvalue weighted by atomic mass is 9.96. The highest BCUT2D eigenvalue weighted by molar-refractivity contribution is 6.74. The van der Waals surface area contributed by atoms with Crippen LogP contribution in [0.1, 0.15) is 47.8 Å². The predicted octanol–water partition coefficient (Wildman–Crippen LogP) is 4.98. The lowest BCUT2D eigenvalue weighted by Gasteiger charge is -2.44. The van der Waals surface area contributed by atoms with E-state index in [1.165, 1.54) is 6.08 Å². The first-order valence-corrected chi connectivity index (χ1v) is 18.4. The van der Waals surface area contributed by atoms with Gasteiger partial charge in [0.25, 0.3) is 5.56 Å². The number of hydrogen-bond acceptors (Lipinski definition) is 7. The van der Waals surface area contributed by atoms with Crippen molar-refractivity contribution in [1.29, 1.82) is 0 Å². The number of nitrogens with zero attached hydrogens (tertiary/aromatic N) is 2. The normalized spacial score (nSPS) is 24.7. The molecule has 1 aromatic rings. The number of halogens is 1. The van der Waals surface area contributed by atoms with Crippen LogP contribution in [-0.4, -0.2) is 63.5 Å². The van der Waals surface area contributed by atoms with Crippen molar-refractivity contribution in [1.82, 2.24) is 9.13 Å². The monoisotopic (exact) mass is 570 g/mol. The smallest absolute Gasteiger partial charge is 0.425 e. The van der Waals surface area contributed by atoms with Gasteiger partial charge in [-0.25, -0.2) is 14.0 Å². The zero-order valence-electron chi connectivity index (χ0n) is 24.5. The SMILES string of the molecule is C=C=C[C@]1(CO[Si](C)(C)C(C)(C)C)O[C@@H](n2ccc(=O)n(C(=O)OC)c2=O)[C@@H](F)[C@@H]1O[Si](C)(C)C(C)(C)C. The number of aromatic nitrogens is 2. The molecule has 38 heavy (non-hydrogen) atoms. The summed E-state index contributed by atoms with van der Waals surface area (Å²) in [6.07, 6.45) is -3.16. The van der Waals surface area contributed by atoms with E-state index in [-0.39, 0.29) is 21.3 Å². The van der Waals surface area contributed by atoms with E-state index in [0.717, 1.165) is 23.9 Å². The Kier molecular flexibility index (Phi) is 9.15. The molecule has 1 saturated heterocycles. The number of rotatable bonds is 7. The molecule has 1 aromatic heterocycles. The summed E-state index contributed by atoms with van der Waals surface area (Å²) < 4.78 is 41.7. The molecule has 214 valence electrons. The second kappa shape index (κ2) is 10.8. The average molecular weight is 571 g/mol. The minimum atomic E-state index is -2.58. The molecule has 2 heterocycles. The van der Waals surface area contributed by atoms with Gasteiger partial charge < -0.3 is 18.3 Å². The fourth-order valence-corrected chi connectivity index (χ4v) is 5.88. The van der Waals surface area contributed by atoms with Gasteiger partial charge in [0.15, 0.2) is 29.0 Å². The molecule has 9 nitrogen and oxygen atoms in total. The van der Waals surface area contributed by atoms with Gasteiger partial charge in [-0.3, -0.25) is 9.36 Å². The summed E-state index contributed by atoms with van der Waals surface area (Å²) in [5.41, 5.74) is -0.756. The largest absolute Gasteiger partial charge is 0.452 e. The maximum absolute atomic E-state index is 16.5. The van der Waals surface area contributed by atoms with Gasteiger partial charge in [-0.2, -0.15) is 4.57 Å². The van der Waals surface area contributed by atoms with E-state index in [9.17, 15) is 14.4 Å². The lowest BCUT2D eigenvalue weighted by molar-refractivity contribution is -0.0937. The van der Waals surface area contributed by atoms with Crippen molar-refractivity contribution >= 4 is 22.7 Å². The Morgan fingerprint density at radius 3 is 2.18 bits per heavy atom. The van der Waals surface area contributed by atoms with Gasteiger partial charge in [0.1, 0.15) is 11.7 Å². The summed E-state index contributed by atoms with van der Waals surface area (Å²) in [4.78, 5) is 37.6. The Hall–Kier alpha value is -2.09. The molecule has 0 aromatic carbocycles. The molecule has 0 radical (unpaired) electrons. The second-order valence-corrected chi connectivity index (χ2v) is 22.3. The predicted molar refractivity (Wildman–Crippen MR) is 149 cm³/mol. The number of hydrogen-bond donors (Lipinski definition) is 0. The van der Waals surface area contributed by atoms with Crippen LogP contribution in [0.3, 0.4) is 0 Å². The molecular formula is C26H43FN2O7Si2. The van der Waals surface area contributed by atoms with Gasteiger partial charge >= 0.3 is 11.8 Å². The maximum atomic E-state index is 16.5. The summed E-state index contributed by atoms with van der Waals surface area (Å²) in [5, 5.41) is -0.397. The number of alkyl halides is 1. The van der Waals surface area contributed by atoms with Crippen molar-refractivity contribution in [3.63, 3.8) is 0 Å². The molecule has 0 spiro atoms. The Morgan fingerprint density at radius 1 is 1.16 bits per heavy atom. The maximum Gasteiger partial charge on any atom is 0.425 e. The van der Waals surface area contributed by atoms with Crippen molar-refractivity contribution in [2.24, 2.45) is 0 Å². The average Bonchev–Trinajstić information content (AvgIpc) is 3.02. The van der Waals surface area contributed by atoms with Gasteiger partial charge in [-0.1, -0.05) is 48.1 Å². The topological polar surface area (TPSA) is 98.0 Å². The van der Waals surface area contributed by atoms with E-state index in [2.05, 4.69) is 50.9 Å². The summed E-state index contributed by atoms with van der Waals surface area (Å²) in [6.45, 7) is 24.1. The van der Waals surface area contributed by atoms with Crippen LogP contribution in [0.25, 0.3) is 0 Å². The molecule has 1 aliphatic rings. The molecule has 4 atom stereocenters. The molecule has 12 heteroatoms. The minimum Gasteiger partial charge on any atom is -0.452 e. The van der Waals surface area contributed by atoms with Crippen LogP contribution in [0, 0.1) is 0 Å². The zero-order valence-corrected chi connectivity index (χ0v) is 26.5. The van der Waals surface area contributed by atoms with Crippen LogP contribution < -0.4 is 11.2 Å². The van der Waals surface area contributed by atoms with Crippen LogP contribution >= 0.6 is 0 Å². The molecule has 0 amide bonds. The highest BCUT2D eigenvalue weighted by atomic mass is 28.4. The Labute approximate surface area is 226 Å². The molecule has 0 bridgehead atoms. The third-order valence-corrected chi connectivity index (χ3v) is 17.0. The Balaban J connectivity index is 2.73. The van der Waals surface area contributed by atoms with Crippen molar-refractivity contribution in [2.75, 3.05) is 13.7 Å². The molecule has 0 saturated carbocycles. The van der Waals surface area contributed by atoms with Crippen LogP contribution in [0.2, 0.25) is 36.3 Å². The fourth-order valence-electron chi connectivity index (χ4n) is 3.55. The van der Waals surface area contributed by atoms with E-state index in [4.69, 9.17) is 13.6 Å². The second-order valence-electron chi connectivity index (χ2n) is 12.8. The summed E-state index contributed by atoms with van der Waals surface area (Å²) in [6, 6.07) is 0.980. The first kappa shape index (κ1) is 32.1. The summed E-state index contributed by atoms with van der Waals surface area (Å²) in [5.74, 6) is 0. The zero-order chi connectivity index (χ0) is 29.5. The minimum absolute atomic E-state index is 0.0619. The van der Waals surface area contributed by atoms with E-state index < -0.39 is 58.1 Å². The van der Waals surface area contributed by atoms with Crippen molar-refractivity contribution in [3.05, 3.63) is 51.5 Å². The quantitative estimate of drug-likeness (QED) is 0.337. The fraction of sp³-hybridized carbons (Fsp3) is 0.692. The summed E-state index contributed by atoms with van der Waals surface area (Å²) >= 11 is 0. The highest BCUT2D eigenvalue weighted by Gasteiger charge is 2.60. The number of carbonyl (C=O) groups excluding carboxylic acids is 1. The Bertz CT molecular complexity index is 1210. The molecule has 1 aliphatic heterocycles. The van der Waals surface area contributed by atoms with E-state index in [1.807, 2.05) is 33.9 Å². The molecular weight excluding hydrogens is 527 g/mol. The molecule has 0 N–H and O–H groups in total. The van der Waals surface area contributed by atoms with Crippen LogP contribution in [-0.2, 0) is 18.3 Å². The van der Waals surface area contributed by atoms with Crippen molar-refractivity contribution < 1.29 is 27.5 Å². The number of carbonyl (C=O) groups is 1. The lowest BCUT2D eigenvalue weighted by Crippen LogP contribution is -2.55. The van der Waals surface area contributed by atoms with E-state index >= 15 is 4.39 Å². The van der Waals surface area contributed by atoms with Crippen LogP contribution in [0.5, 0.6) is 0 Å². The molecule has 2 rings (SSSR count). The highest BCUT2D eigenvalue weighted by Crippen LogP contribution is 2.47. The standard InChI is InChI=1S/C26H43FN2O7Si2/c1-13-15-26(17-34-37(9,10)24(2,3)4)20(36-38(11,12)25(5,6)7)19(27)21(35-26)28-16-14-18(30)29(22(28)31)23(32)33-8/h14-16,19-21H,1,17H2,2-12H3/t19-,20-,21+,26+/m0/s1. The third kappa shape index (κ3) is 6.05. The van der Waals surface area contributed by atoms with Gasteiger partial charge in [-0.05, 0) is 42.3 Å². The third-order valence-electron chi connectivity index (χ3n) is 8.06. The van der Waals surface area contributed by atoms with Crippen LogP contribution in [0.15, 0.2) is 40.2 Å².